The van der Waals surface area contributed by atoms with Crippen molar-refractivity contribution in [3.63, 3.8) is 0 Å². The van der Waals surface area contributed by atoms with Gasteiger partial charge in [0.1, 0.15) is 6.61 Å². The van der Waals surface area contributed by atoms with Gasteiger partial charge < -0.3 is 5.11 Å². The Labute approximate surface area is 79.0 Å². The van der Waals surface area contributed by atoms with Crippen molar-refractivity contribution in [1.82, 2.24) is 0 Å². The van der Waals surface area contributed by atoms with Gasteiger partial charge in [-0.1, -0.05) is 17.7 Å². The largest absolute Gasteiger partial charge is 0.389 e. The number of rotatable bonds is 3. The molecule has 1 aliphatic rings. The van der Waals surface area contributed by atoms with Gasteiger partial charge in [0.2, 0.25) is 0 Å². The highest BCUT2D eigenvalue weighted by molar-refractivity contribution is 5.83. The smallest absolute Gasteiger partial charge is 0.162 e. The number of carbonyl (C=O) groups is 1. The summed E-state index contributed by atoms with van der Waals surface area (Å²) in [6.45, 7) is 5.39. The standard InChI is InChI=1S/C11H16O2/c1-3-9-5-4-8(2)6-10(9)11(13)7-12/h3-4,9-10,12H,1,5-7H2,2H3/t9-,10-/m0/s1. The molecule has 1 rings (SSSR count). The van der Waals surface area contributed by atoms with E-state index in [4.69, 9.17) is 5.11 Å². The third kappa shape index (κ3) is 2.28. The van der Waals surface area contributed by atoms with Crippen molar-refractivity contribution in [1.29, 1.82) is 0 Å². The summed E-state index contributed by atoms with van der Waals surface area (Å²) < 4.78 is 0. The Morgan fingerprint density at radius 1 is 1.85 bits per heavy atom. The van der Waals surface area contributed by atoms with Gasteiger partial charge in [-0.3, -0.25) is 4.79 Å². The third-order valence-corrected chi connectivity index (χ3v) is 2.67. The highest BCUT2D eigenvalue weighted by Crippen LogP contribution is 2.30. The molecule has 1 N–H and O–H groups in total. The Morgan fingerprint density at radius 3 is 3.08 bits per heavy atom. The van der Waals surface area contributed by atoms with Crippen LogP contribution < -0.4 is 0 Å². The fourth-order valence-corrected chi connectivity index (χ4v) is 1.81. The van der Waals surface area contributed by atoms with Crippen LogP contribution in [-0.2, 0) is 4.79 Å². The van der Waals surface area contributed by atoms with Crippen LogP contribution in [0.15, 0.2) is 24.3 Å². The normalized spacial score (nSPS) is 28.0. The number of allylic oxidation sites excluding steroid dienone is 3. The van der Waals surface area contributed by atoms with Crippen molar-refractivity contribution < 1.29 is 9.90 Å². The van der Waals surface area contributed by atoms with E-state index >= 15 is 0 Å². The Morgan fingerprint density at radius 2 is 2.54 bits per heavy atom. The van der Waals surface area contributed by atoms with Crippen LogP contribution in [0.4, 0.5) is 0 Å². The average Bonchev–Trinajstić information content (AvgIpc) is 2.16. The average molecular weight is 180 g/mol. The van der Waals surface area contributed by atoms with Crippen LogP contribution in [0.25, 0.3) is 0 Å². The Hall–Kier alpha value is -0.890. The van der Waals surface area contributed by atoms with Crippen LogP contribution in [0.5, 0.6) is 0 Å². The van der Waals surface area contributed by atoms with Gasteiger partial charge in [0.05, 0.1) is 0 Å². The highest BCUT2D eigenvalue weighted by atomic mass is 16.3. The van der Waals surface area contributed by atoms with Crippen LogP contribution in [0, 0.1) is 11.8 Å². The first kappa shape index (κ1) is 10.2. The molecule has 0 spiro atoms. The molecule has 0 aromatic carbocycles. The highest BCUT2D eigenvalue weighted by Gasteiger charge is 2.27. The van der Waals surface area contributed by atoms with Gasteiger partial charge in [-0.05, 0) is 25.7 Å². The molecule has 0 saturated heterocycles. The predicted molar refractivity (Wildman–Crippen MR) is 52.3 cm³/mol. The minimum atomic E-state index is -0.345. The topological polar surface area (TPSA) is 37.3 Å². The molecule has 72 valence electrons. The molecule has 0 unspecified atom stereocenters. The molecule has 2 atom stereocenters. The van der Waals surface area contributed by atoms with E-state index in [2.05, 4.69) is 12.7 Å². The number of hydrogen-bond acceptors (Lipinski definition) is 2. The minimum absolute atomic E-state index is 0.0486. The molecule has 0 saturated carbocycles. The van der Waals surface area contributed by atoms with E-state index < -0.39 is 0 Å². The van der Waals surface area contributed by atoms with Gasteiger partial charge in [0.25, 0.3) is 0 Å². The van der Waals surface area contributed by atoms with Crippen LogP contribution in [-0.4, -0.2) is 17.5 Å². The van der Waals surface area contributed by atoms with Crippen LogP contribution in [0.2, 0.25) is 0 Å². The molecule has 0 radical (unpaired) electrons. The van der Waals surface area contributed by atoms with E-state index in [0.29, 0.717) is 0 Å². The molecule has 0 amide bonds. The second-order valence-corrected chi connectivity index (χ2v) is 3.62. The fourth-order valence-electron chi connectivity index (χ4n) is 1.81. The molecule has 0 aromatic heterocycles. The summed E-state index contributed by atoms with van der Waals surface area (Å²) in [6.07, 6.45) is 5.62. The zero-order chi connectivity index (χ0) is 9.84. The number of carbonyl (C=O) groups excluding carboxylic acids is 1. The molecule has 0 bridgehead atoms. The molecule has 0 aliphatic heterocycles. The maximum atomic E-state index is 11.4. The SMILES string of the molecule is C=C[C@H]1CC=C(C)C[C@@H]1C(=O)CO. The number of Topliss-reactive ketones (excluding diaryl/α,β-unsaturated/α-hetero) is 1. The zero-order valence-electron chi connectivity index (χ0n) is 7.99. The first-order valence-corrected chi connectivity index (χ1v) is 4.60. The second kappa shape index (κ2) is 4.38. The van der Waals surface area contributed by atoms with Crippen molar-refractivity contribution in [3.8, 4) is 0 Å². The van der Waals surface area contributed by atoms with Gasteiger partial charge in [-0.15, -0.1) is 6.58 Å². The Bertz CT molecular complexity index is 240. The van der Waals surface area contributed by atoms with Crippen molar-refractivity contribution in [3.05, 3.63) is 24.3 Å². The maximum Gasteiger partial charge on any atom is 0.162 e. The van der Waals surface area contributed by atoms with E-state index in [1.165, 1.54) is 5.57 Å². The summed E-state index contributed by atoms with van der Waals surface area (Å²) in [4.78, 5) is 11.4. The molecular formula is C11H16O2. The lowest BCUT2D eigenvalue weighted by molar-refractivity contribution is -0.126. The van der Waals surface area contributed by atoms with Gasteiger partial charge in [0.15, 0.2) is 5.78 Å². The van der Waals surface area contributed by atoms with Crippen LogP contribution in [0.3, 0.4) is 0 Å². The third-order valence-electron chi connectivity index (χ3n) is 2.67. The Kier molecular flexibility index (Phi) is 3.43. The van der Waals surface area contributed by atoms with Crippen molar-refractivity contribution in [2.75, 3.05) is 6.61 Å². The number of hydrogen-bond donors (Lipinski definition) is 1. The van der Waals surface area contributed by atoms with E-state index in [-0.39, 0.29) is 24.2 Å². The van der Waals surface area contributed by atoms with Crippen molar-refractivity contribution in [2.24, 2.45) is 11.8 Å². The molecular weight excluding hydrogens is 164 g/mol. The first-order valence-electron chi connectivity index (χ1n) is 4.60. The lowest BCUT2D eigenvalue weighted by atomic mass is 9.78. The summed E-state index contributed by atoms with van der Waals surface area (Å²) in [5, 5.41) is 8.78. The van der Waals surface area contributed by atoms with Gasteiger partial charge in [-0.2, -0.15) is 0 Å². The lowest BCUT2D eigenvalue weighted by Crippen LogP contribution is -2.27. The number of ketones is 1. The zero-order valence-corrected chi connectivity index (χ0v) is 7.99. The van der Waals surface area contributed by atoms with E-state index in [1.807, 2.05) is 13.0 Å². The lowest BCUT2D eigenvalue weighted by Gasteiger charge is -2.26. The quantitative estimate of drug-likeness (QED) is 0.671. The second-order valence-electron chi connectivity index (χ2n) is 3.62. The summed E-state index contributed by atoms with van der Waals surface area (Å²) in [5.41, 5.74) is 1.24. The number of aliphatic hydroxyl groups is 1. The van der Waals surface area contributed by atoms with Crippen LogP contribution >= 0.6 is 0 Å². The Balaban J connectivity index is 2.75. The molecule has 0 aromatic rings. The predicted octanol–water partition coefficient (Wildman–Crippen LogP) is 1.71. The van der Waals surface area contributed by atoms with Crippen molar-refractivity contribution in [2.45, 2.75) is 19.8 Å². The van der Waals surface area contributed by atoms with Gasteiger partial charge >= 0.3 is 0 Å². The van der Waals surface area contributed by atoms with Gasteiger partial charge in [0, 0.05) is 5.92 Å². The first-order chi connectivity index (χ1) is 6.19. The molecule has 2 nitrogen and oxygen atoms in total. The molecule has 1 aliphatic carbocycles. The summed E-state index contributed by atoms with van der Waals surface area (Å²) in [6, 6.07) is 0. The summed E-state index contributed by atoms with van der Waals surface area (Å²) >= 11 is 0. The monoisotopic (exact) mass is 180 g/mol. The fraction of sp³-hybridized carbons (Fsp3) is 0.545. The van der Waals surface area contributed by atoms with Gasteiger partial charge in [-0.25, -0.2) is 0 Å². The number of aliphatic hydroxyl groups excluding tert-OH is 1. The molecule has 13 heavy (non-hydrogen) atoms. The van der Waals surface area contributed by atoms with E-state index in [1.54, 1.807) is 0 Å². The summed E-state index contributed by atoms with van der Waals surface area (Å²) in [7, 11) is 0. The van der Waals surface area contributed by atoms with Crippen LogP contribution in [0.1, 0.15) is 19.8 Å². The molecule has 0 heterocycles. The minimum Gasteiger partial charge on any atom is -0.389 e. The molecule has 2 heteroatoms. The van der Waals surface area contributed by atoms with E-state index in [9.17, 15) is 4.79 Å². The molecule has 0 fully saturated rings. The summed E-state index contributed by atoms with van der Waals surface area (Å²) in [5.74, 6) is 0.105. The van der Waals surface area contributed by atoms with Crippen molar-refractivity contribution >= 4 is 5.78 Å². The maximum absolute atomic E-state index is 11.4. The van der Waals surface area contributed by atoms with E-state index in [0.717, 1.165) is 12.8 Å².